The molecule has 0 aliphatic carbocycles. The third kappa shape index (κ3) is 4.63. The molecule has 0 bridgehead atoms. The number of hydrogen-bond donors (Lipinski definition) is 2. The molecule has 0 atom stereocenters. The minimum absolute atomic E-state index is 0.658. The summed E-state index contributed by atoms with van der Waals surface area (Å²) in [6.45, 7) is 7.58. The predicted molar refractivity (Wildman–Crippen MR) is 86.4 cm³/mol. The van der Waals surface area contributed by atoms with E-state index in [1.807, 2.05) is 44.2 Å². The van der Waals surface area contributed by atoms with Crippen molar-refractivity contribution in [3.8, 4) is 5.75 Å². The van der Waals surface area contributed by atoms with Gasteiger partial charge >= 0.3 is 0 Å². The summed E-state index contributed by atoms with van der Waals surface area (Å²) in [7, 11) is 0. The number of aromatic nitrogens is 2. The van der Waals surface area contributed by atoms with E-state index in [9.17, 15) is 0 Å². The van der Waals surface area contributed by atoms with Crippen LogP contribution in [-0.2, 0) is 0 Å². The number of hydrogen-bond acceptors (Lipinski definition) is 5. The normalized spacial score (nSPS) is 10.2. The van der Waals surface area contributed by atoms with Gasteiger partial charge in [-0.05, 0) is 44.5 Å². The van der Waals surface area contributed by atoms with Crippen molar-refractivity contribution in [2.45, 2.75) is 27.2 Å². The third-order valence-electron chi connectivity index (χ3n) is 2.83. The fourth-order valence-electron chi connectivity index (χ4n) is 1.90. The van der Waals surface area contributed by atoms with E-state index in [2.05, 4.69) is 27.5 Å². The molecule has 0 radical (unpaired) electrons. The molecule has 0 aliphatic rings. The highest BCUT2D eigenvalue weighted by Gasteiger charge is 2.02. The number of nitrogens with zero attached hydrogens (tertiary/aromatic N) is 2. The molecule has 1 aromatic heterocycles. The van der Waals surface area contributed by atoms with Crippen LogP contribution >= 0.6 is 0 Å². The Morgan fingerprint density at radius 1 is 1.10 bits per heavy atom. The van der Waals surface area contributed by atoms with Crippen LogP contribution in [0.3, 0.4) is 0 Å². The Morgan fingerprint density at radius 3 is 2.52 bits per heavy atom. The van der Waals surface area contributed by atoms with Crippen LogP contribution < -0.4 is 15.4 Å². The molecule has 5 heteroatoms. The molecule has 0 saturated heterocycles. The first-order valence-electron chi connectivity index (χ1n) is 7.30. The first-order valence-corrected chi connectivity index (χ1v) is 7.30. The van der Waals surface area contributed by atoms with Gasteiger partial charge in [-0.1, -0.05) is 6.92 Å². The van der Waals surface area contributed by atoms with E-state index in [0.717, 1.165) is 35.9 Å². The van der Waals surface area contributed by atoms with Crippen LogP contribution in [0.1, 0.15) is 26.0 Å². The van der Waals surface area contributed by atoms with Gasteiger partial charge in [-0.15, -0.1) is 0 Å². The Hall–Kier alpha value is -2.30. The molecule has 21 heavy (non-hydrogen) atoms. The van der Waals surface area contributed by atoms with Crippen LogP contribution in [0.5, 0.6) is 5.75 Å². The van der Waals surface area contributed by atoms with Gasteiger partial charge in [0.2, 0.25) is 5.95 Å². The van der Waals surface area contributed by atoms with E-state index >= 15 is 0 Å². The van der Waals surface area contributed by atoms with Crippen molar-refractivity contribution < 1.29 is 4.74 Å². The zero-order chi connectivity index (χ0) is 15.1. The summed E-state index contributed by atoms with van der Waals surface area (Å²) < 4.78 is 5.43. The largest absolute Gasteiger partial charge is 0.494 e. The topological polar surface area (TPSA) is 59.1 Å². The second-order valence-corrected chi connectivity index (χ2v) is 4.73. The number of ether oxygens (including phenoxy) is 1. The molecule has 0 unspecified atom stereocenters. The monoisotopic (exact) mass is 286 g/mol. The van der Waals surface area contributed by atoms with Gasteiger partial charge in [0, 0.05) is 24.0 Å². The van der Waals surface area contributed by atoms with Crippen molar-refractivity contribution in [2.75, 3.05) is 23.8 Å². The lowest BCUT2D eigenvalue weighted by atomic mass is 10.3. The average molecular weight is 286 g/mol. The van der Waals surface area contributed by atoms with E-state index in [0.29, 0.717) is 12.6 Å². The van der Waals surface area contributed by atoms with Crippen molar-refractivity contribution >= 4 is 17.5 Å². The van der Waals surface area contributed by atoms with Crippen molar-refractivity contribution in [3.63, 3.8) is 0 Å². The van der Waals surface area contributed by atoms with Gasteiger partial charge in [0.1, 0.15) is 11.6 Å². The second-order valence-electron chi connectivity index (χ2n) is 4.73. The standard InChI is InChI=1S/C16H22N4O/c1-4-10-17-16-18-12(3)11-15(20-16)19-13-6-8-14(9-7-13)21-5-2/h6-9,11H,4-5,10H2,1-3H3,(H2,17,18,19,20). The molecule has 1 heterocycles. The lowest BCUT2D eigenvalue weighted by Crippen LogP contribution is -2.06. The van der Waals surface area contributed by atoms with Crippen molar-refractivity contribution in [2.24, 2.45) is 0 Å². The minimum Gasteiger partial charge on any atom is -0.494 e. The van der Waals surface area contributed by atoms with Gasteiger partial charge in [0.25, 0.3) is 0 Å². The van der Waals surface area contributed by atoms with Crippen LogP contribution in [0.25, 0.3) is 0 Å². The summed E-state index contributed by atoms with van der Waals surface area (Å²) in [6, 6.07) is 9.75. The first kappa shape index (κ1) is 15.1. The van der Waals surface area contributed by atoms with Gasteiger partial charge < -0.3 is 15.4 Å². The van der Waals surface area contributed by atoms with Gasteiger partial charge in [-0.25, -0.2) is 4.98 Å². The zero-order valence-corrected chi connectivity index (χ0v) is 12.8. The van der Waals surface area contributed by atoms with E-state index in [4.69, 9.17) is 4.74 Å². The molecule has 0 spiro atoms. The van der Waals surface area contributed by atoms with E-state index < -0.39 is 0 Å². The maximum absolute atomic E-state index is 5.43. The lowest BCUT2D eigenvalue weighted by molar-refractivity contribution is 0.340. The summed E-state index contributed by atoms with van der Waals surface area (Å²) in [5.74, 6) is 2.31. The van der Waals surface area contributed by atoms with E-state index in [1.54, 1.807) is 0 Å². The highest BCUT2D eigenvalue weighted by atomic mass is 16.5. The van der Waals surface area contributed by atoms with Gasteiger partial charge in [-0.3, -0.25) is 0 Å². The number of benzene rings is 1. The molecule has 1 aromatic carbocycles. The lowest BCUT2D eigenvalue weighted by Gasteiger charge is -2.10. The highest BCUT2D eigenvalue weighted by molar-refractivity contribution is 5.58. The number of aryl methyl sites for hydroxylation is 1. The molecule has 2 rings (SSSR count). The maximum atomic E-state index is 5.43. The van der Waals surface area contributed by atoms with Gasteiger partial charge in [0.05, 0.1) is 6.61 Å². The summed E-state index contributed by atoms with van der Waals surface area (Å²) in [5, 5.41) is 6.49. The zero-order valence-electron chi connectivity index (χ0n) is 12.8. The van der Waals surface area contributed by atoms with Crippen molar-refractivity contribution in [3.05, 3.63) is 36.0 Å². The van der Waals surface area contributed by atoms with E-state index in [1.165, 1.54) is 0 Å². The molecule has 2 N–H and O–H groups in total. The molecule has 2 aromatic rings. The van der Waals surface area contributed by atoms with Crippen LogP contribution in [0.2, 0.25) is 0 Å². The molecular weight excluding hydrogens is 264 g/mol. The fraction of sp³-hybridized carbons (Fsp3) is 0.375. The highest BCUT2D eigenvalue weighted by Crippen LogP contribution is 2.20. The fourth-order valence-corrected chi connectivity index (χ4v) is 1.90. The SMILES string of the molecule is CCCNc1nc(C)cc(Nc2ccc(OCC)cc2)n1. The summed E-state index contributed by atoms with van der Waals surface area (Å²) >= 11 is 0. The van der Waals surface area contributed by atoms with Crippen molar-refractivity contribution in [1.82, 2.24) is 9.97 Å². The number of anilines is 3. The summed E-state index contributed by atoms with van der Waals surface area (Å²) in [5.41, 5.74) is 1.90. The van der Waals surface area contributed by atoms with Crippen LogP contribution in [0.15, 0.2) is 30.3 Å². The number of nitrogens with one attached hydrogen (secondary N) is 2. The minimum atomic E-state index is 0.658. The molecular formula is C16H22N4O. The number of rotatable bonds is 7. The molecule has 0 amide bonds. The van der Waals surface area contributed by atoms with Gasteiger partial charge in [0.15, 0.2) is 0 Å². The molecule has 0 saturated carbocycles. The molecule has 5 nitrogen and oxygen atoms in total. The van der Waals surface area contributed by atoms with Crippen LogP contribution in [0.4, 0.5) is 17.5 Å². The summed E-state index contributed by atoms with van der Waals surface area (Å²) in [4.78, 5) is 8.83. The Bertz CT molecular complexity index is 569. The summed E-state index contributed by atoms with van der Waals surface area (Å²) in [6.07, 6.45) is 1.04. The van der Waals surface area contributed by atoms with Crippen LogP contribution in [0, 0.1) is 6.92 Å². The third-order valence-corrected chi connectivity index (χ3v) is 2.83. The Kier molecular flexibility index (Phi) is 5.37. The molecule has 0 fully saturated rings. The van der Waals surface area contributed by atoms with Crippen molar-refractivity contribution in [1.29, 1.82) is 0 Å². The Balaban J connectivity index is 2.09. The van der Waals surface area contributed by atoms with Gasteiger partial charge in [-0.2, -0.15) is 4.98 Å². The smallest absolute Gasteiger partial charge is 0.224 e. The first-order chi connectivity index (χ1) is 10.2. The molecule has 0 aliphatic heterocycles. The maximum Gasteiger partial charge on any atom is 0.224 e. The molecule has 112 valence electrons. The average Bonchev–Trinajstić information content (AvgIpc) is 2.47. The second kappa shape index (κ2) is 7.47. The Labute approximate surface area is 125 Å². The Morgan fingerprint density at radius 2 is 1.86 bits per heavy atom. The van der Waals surface area contributed by atoms with Crippen LogP contribution in [-0.4, -0.2) is 23.1 Å². The quantitative estimate of drug-likeness (QED) is 0.811. The van der Waals surface area contributed by atoms with E-state index in [-0.39, 0.29) is 0 Å². The predicted octanol–water partition coefficient (Wildman–Crippen LogP) is 3.75.